The molecular weight excluding hydrogens is 582 g/mol. The maximum Gasteiger partial charge on any atom is 0.322 e. The number of allylic oxidation sites excluding steroid dienone is 1. The van der Waals surface area contributed by atoms with Crippen LogP contribution in [0.4, 0.5) is 0 Å². The maximum atomic E-state index is 13.9. The minimum Gasteiger partial charge on any atom is -0.481 e. The standard InChI is InChI=1S/C38H59NO7/c1-22(2)23-12-17-38(31(43)39-21-28(40)41)19-18-36(8)24(30(23)38)10-11-26-35(7)15-14-27(46-29(42)20-33(3,4)32(44)45)34(5,6)25(35)13-16-37(26,36)9/h23-27,30H,1,10-21H2,2-9H3,(H,39,43)(H,40,41)(H,44,45)/t23-,24+,25-,26?,27?,30+,35-,36+,37+,38?/m0/s1. The fraction of sp³-hybridized carbons (Fsp3) is 0.842. The van der Waals surface area contributed by atoms with Crippen LogP contribution >= 0.6 is 0 Å². The van der Waals surface area contributed by atoms with Gasteiger partial charge < -0.3 is 20.3 Å². The maximum absolute atomic E-state index is 13.9. The largest absolute Gasteiger partial charge is 0.481 e. The van der Waals surface area contributed by atoms with E-state index in [0.29, 0.717) is 17.8 Å². The molecule has 10 atom stereocenters. The number of hydrogen-bond donors (Lipinski definition) is 3. The first-order valence-electron chi connectivity index (χ1n) is 17.8. The Morgan fingerprint density at radius 1 is 0.848 bits per heavy atom. The fourth-order valence-electron chi connectivity index (χ4n) is 12.7. The van der Waals surface area contributed by atoms with E-state index in [9.17, 15) is 29.4 Å². The molecule has 0 bridgehead atoms. The first-order valence-corrected chi connectivity index (χ1v) is 17.8. The molecule has 8 nitrogen and oxygen atoms in total. The highest BCUT2D eigenvalue weighted by molar-refractivity contribution is 5.87. The minimum atomic E-state index is -1.16. The van der Waals surface area contributed by atoms with E-state index in [2.05, 4.69) is 53.4 Å². The summed E-state index contributed by atoms with van der Waals surface area (Å²) in [7, 11) is 0. The van der Waals surface area contributed by atoms with Gasteiger partial charge in [0.15, 0.2) is 0 Å². The van der Waals surface area contributed by atoms with Crippen LogP contribution in [0.25, 0.3) is 0 Å². The Kier molecular flexibility index (Phi) is 8.63. The van der Waals surface area contributed by atoms with Crippen molar-refractivity contribution in [1.29, 1.82) is 0 Å². The highest BCUT2D eigenvalue weighted by Crippen LogP contribution is 2.77. The van der Waals surface area contributed by atoms with Crippen molar-refractivity contribution in [2.24, 2.45) is 62.1 Å². The number of fused-ring (bicyclic) bond motifs is 7. The quantitative estimate of drug-likeness (QED) is 0.188. The SMILES string of the molecule is C=C(C)[C@@H]1CCC2(C(=O)NCC(=O)O)CC[C@]3(C)[C@H](CCC4[C@@]5(C)CCC(OC(=O)CC(C)(C)C(=O)O)C(C)(C)[C@@H]5CC[C@]43C)[C@@H]12. The van der Waals surface area contributed by atoms with Gasteiger partial charge in [-0.2, -0.15) is 0 Å². The molecule has 0 aromatic heterocycles. The average Bonchev–Trinajstić information content (AvgIpc) is 3.34. The number of amides is 1. The van der Waals surface area contributed by atoms with E-state index in [4.69, 9.17) is 4.74 Å². The van der Waals surface area contributed by atoms with Crippen LogP contribution in [0.5, 0.6) is 0 Å². The molecular formula is C38H59NO7. The lowest BCUT2D eigenvalue weighted by Gasteiger charge is -2.72. The molecule has 0 aromatic rings. The monoisotopic (exact) mass is 641 g/mol. The topological polar surface area (TPSA) is 130 Å². The summed E-state index contributed by atoms with van der Waals surface area (Å²) >= 11 is 0. The predicted octanol–water partition coefficient (Wildman–Crippen LogP) is 7.26. The van der Waals surface area contributed by atoms with Crippen LogP contribution in [0.2, 0.25) is 0 Å². The van der Waals surface area contributed by atoms with Crippen molar-refractivity contribution in [2.45, 2.75) is 132 Å². The highest BCUT2D eigenvalue weighted by atomic mass is 16.5. The van der Waals surface area contributed by atoms with Gasteiger partial charge >= 0.3 is 17.9 Å². The number of carboxylic acids is 2. The van der Waals surface area contributed by atoms with Crippen molar-refractivity contribution >= 4 is 23.8 Å². The number of aliphatic carboxylic acids is 2. The summed E-state index contributed by atoms with van der Waals surface area (Å²) < 4.78 is 6.12. The molecule has 8 heteroatoms. The molecule has 0 aromatic carbocycles. The molecule has 0 heterocycles. The van der Waals surface area contributed by atoms with E-state index < -0.39 is 28.7 Å². The summed E-state index contributed by atoms with van der Waals surface area (Å²) in [6.07, 6.45) is 9.15. The lowest BCUT2D eigenvalue weighted by Crippen LogP contribution is -2.67. The van der Waals surface area contributed by atoms with Crippen LogP contribution in [-0.4, -0.2) is 46.7 Å². The van der Waals surface area contributed by atoms with Crippen LogP contribution in [0.15, 0.2) is 12.2 Å². The van der Waals surface area contributed by atoms with Gasteiger partial charge in [-0.3, -0.25) is 19.2 Å². The van der Waals surface area contributed by atoms with Crippen LogP contribution < -0.4 is 5.32 Å². The Morgan fingerprint density at radius 2 is 1.52 bits per heavy atom. The van der Waals surface area contributed by atoms with Gasteiger partial charge in [0.1, 0.15) is 12.6 Å². The zero-order valence-electron chi connectivity index (χ0n) is 29.6. The van der Waals surface area contributed by atoms with E-state index in [1.165, 1.54) is 0 Å². The summed E-state index contributed by atoms with van der Waals surface area (Å²) in [5.74, 6) is -0.833. The van der Waals surface area contributed by atoms with Crippen molar-refractivity contribution < 1.29 is 34.1 Å². The van der Waals surface area contributed by atoms with Gasteiger partial charge in [0.2, 0.25) is 5.91 Å². The minimum absolute atomic E-state index is 0.0407. The Morgan fingerprint density at radius 3 is 2.13 bits per heavy atom. The van der Waals surface area contributed by atoms with Crippen LogP contribution in [0.3, 0.4) is 0 Å². The summed E-state index contributed by atoms with van der Waals surface area (Å²) in [6, 6.07) is 0. The van der Waals surface area contributed by atoms with E-state index in [0.717, 1.165) is 69.8 Å². The smallest absolute Gasteiger partial charge is 0.322 e. The third-order valence-electron chi connectivity index (χ3n) is 15.3. The van der Waals surface area contributed by atoms with Gasteiger partial charge in [-0.25, -0.2) is 0 Å². The van der Waals surface area contributed by atoms with Gasteiger partial charge in [0, 0.05) is 5.41 Å². The van der Waals surface area contributed by atoms with E-state index >= 15 is 0 Å². The van der Waals surface area contributed by atoms with Gasteiger partial charge in [-0.1, -0.05) is 46.8 Å². The Hall–Kier alpha value is -2.38. The van der Waals surface area contributed by atoms with Crippen molar-refractivity contribution in [3.05, 3.63) is 12.2 Å². The molecule has 258 valence electrons. The highest BCUT2D eigenvalue weighted by Gasteiger charge is 2.72. The molecule has 0 saturated heterocycles. The van der Waals surface area contributed by atoms with Gasteiger partial charge in [-0.05, 0) is 131 Å². The second-order valence-corrected chi connectivity index (χ2v) is 18.1. The first kappa shape index (κ1) is 34.9. The van der Waals surface area contributed by atoms with Crippen LogP contribution in [0.1, 0.15) is 126 Å². The van der Waals surface area contributed by atoms with Crippen LogP contribution in [-0.2, 0) is 23.9 Å². The van der Waals surface area contributed by atoms with E-state index in [1.807, 2.05) is 0 Å². The molecule has 5 fully saturated rings. The van der Waals surface area contributed by atoms with Crippen molar-refractivity contribution in [1.82, 2.24) is 5.32 Å². The molecule has 3 unspecified atom stereocenters. The molecule has 0 spiro atoms. The number of esters is 1. The molecule has 0 radical (unpaired) electrons. The second-order valence-electron chi connectivity index (χ2n) is 18.1. The molecule has 3 N–H and O–H groups in total. The first-order chi connectivity index (χ1) is 21.2. The number of ether oxygens (including phenoxy) is 1. The zero-order valence-corrected chi connectivity index (χ0v) is 29.6. The van der Waals surface area contributed by atoms with Gasteiger partial charge in [0.05, 0.1) is 17.3 Å². The molecule has 5 aliphatic carbocycles. The molecule has 5 aliphatic rings. The van der Waals surface area contributed by atoms with E-state index in [-0.39, 0.29) is 58.5 Å². The molecule has 0 aliphatic heterocycles. The summed E-state index contributed by atoms with van der Waals surface area (Å²) in [5.41, 5.74) is -0.599. The fourth-order valence-corrected chi connectivity index (χ4v) is 12.7. The average molecular weight is 642 g/mol. The Bertz CT molecular complexity index is 1300. The Balaban J connectivity index is 1.42. The predicted molar refractivity (Wildman–Crippen MR) is 176 cm³/mol. The lowest BCUT2D eigenvalue weighted by atomic mass is 9.32. The van der Waals surface area contributed by atoms with Crippen molar-refractivity contribution in [2.75, 3.05) is 6.54 Å². The summed E-state index contributed by atoms with van der Waals surface area (Å²) in [6.45, 7) is 21.4. The van der Waals surface area contributed by atoms with Gasteiger partial charge in [0.25, 0.3) is 0 Å². The third kappa shape index (κ3) is 5.05. The van der Waals surface area contributed by atoms with Crippen molar-refractivity contribution in [3.63, 3.8) is 0 Å². The zero-order chi connectivity index (χ0) is 34.3. The normalized spacial score (nSPS) is 42.8. The number of hydrogen-bond acceptors (Lipinski definition) is 5. The Labute approximate surface area is 275 Å². The van der Waals surface area contributed by atoms with Gasteiger partial charge in [-0.15, -0.1) is 0 Å². The molecule has 5 saturated carbocycles. The number of carboxylic acid groups (broad SMARTS) is 2. The molecule has 46 heavy (non-hydrogen) atoms. The molecule has 5 rings (SSSR count). The number of nitrogens with one attached hydrogen (secondary N) is 1. The van der Waals surface area contributed by atoms with E-state index in [1.54, 1.807) is 13.8 Å². The second kappa shape index (κ2) is 11.4. The molecule has 1 amide bonds. The number of rotatable bonds is 8. The summed E-state index contributed by atoms with van der Waals surface area (Å²) in [4.78, 5) is 49.9. The lowest BCUT2D eigenvalue weighted by molar-refractivity contribution is -0.249. The number of carbonyl (C=O) groups is 4. The number of carbonyl (C=O) groups excluding carboxylic acids is 2. The summed E-state index contributed by atoms with van der Waals surface area (Å²) in [5, 5.41) is 21.7. The van der Waals surface area contributed by atoms with Crippen LogP contribution in [0, 0.1) is 62.1 Å². The van der Waals surface area contributed by atoms with Crippen molar-refractivity contribution in [3.8, 4) is 0 Å². The third-order valence-corrected chi connectivity index (χ3v) is 15.3.